The van der Waals surface area contributed by atoms with Crippen LogP contribution < -0.4 is 5.32 Å². The predicted octanol–water partition coefficient (Wildman–Crippen LogP) is 1.59. The molecular formula is C12H24N2OS. The van der Waals surface area contributed by atoms with Crippen LogP contribution >= 0.6 is 11.8 Å². The van der Waals surface area contributed by atoms with E-state index in [1.807, 2.05) is 11.9 Å². The number of hydrogen-bond donors (Lipinski definition) is 1. The molecule has 0 bridgehead atoms. The van der Waals surface area contributed by atoms with Gasteiger partial charge in [0.2, 0.25) is 5.91 Å². The molecule has 4 heteroatoms. The molecular weight excluding hydrogens is 220 g/mol. The van der Waals surface area contributed by atoms with Crippen molar-refractivity contribution in [1.29, 1.82) is 0 Å². The van der Waals surface area contributed by atoms with Crippen molar-refractivity contribution in [3.05, 3.63) is 0 Å². The van der Waals surface area contributed by atoms with Crippen molar-refractivity contribution in [3.63, 3.8) is 0 Å². The average molecular weight is 244 g/mol. The first-order valence-electron chi connectivity index (χ1n) is 6.17. The van der Waals surface area contributed by atoms with Gasteiger partial charge in [-0.2, -0.15) is 11.8 Å². The molecule has 1 saturated heterocycles. The maximum Gasteiger partial charge on any atom is 0.222 e. The second kappa shape index (κ2) is 7.96. The van der Waals surface area contributed by atoms with E-state index in [9.17, 15) is 4.79 Å². The van der Waals surface area contributed by atoms with Gasteiger partial charge in [-0.25, -0.2) is 0 Å². The Balaban J connectivity index is 2.12. The van der Waals surface area contributed by atoms with Gasteiger partial charge in [0.15, 0.2) is 0 Å². The van der Waals surface area contributed by atoms with Crippen LogP contribution in [0.3, 0.4) is 0 Å². The van der Waals surface area contributed by atoms with E-state index in [0.29, 0.717) is 11.8 Å². The fourth-order valence-corrected chi connectivity index (χ4v) is 2.50. The van der Waals surface area contributed by atoms with Gasteiger partial charge in [0.1, 0.15) is 0 Å². The molecule has 94 valence electrons. The molecule has 3 nitrogen and oxygen atoms in total. The number of piperidine rings is 1. The summed E-state index contributed by atoms with van der Waals surface area (Å²) in [6.45, 7) is 3.13. The van der Waals surface area contributed by atoms with Crippen molar-refractivity contribution in [2.45, 2.75) is 25.7 Å². The van der Waals surface area contributed by atoms with Gasteiger partial charge in [-0.1, -0.05) is 0 Å². The van der Waals surface area contributed by atoms with Crippen molar-refractivity contribution in [2.24, 2.45) is 5.92 Å². The summed E-state index contributed by atoms with van der Waals surface area (Å²) in [5.74, 6) is 2.05. The number of rotatable bonds is 6. The zero-order chi connectivity index (χ0) is 11.8. The van der Waals surface area contributed by atoms with E-state index in [0.717, 1.165) is 38.2 Å². The van der Waals surface area contributed by atoms with E-state index in [-0.39, 0.29) is 0 Å². The Labute approximate surface area is 103 Å². The standard InChI is InChI=1S/C12H24N2OS/c1-14(8-9-16-2)12(15)6-5-11-4-3-7-13-10-11/h11,13H,3-10H2,1-2H3. The van der Waals surface area contributed by atoms with Crippen LogP contribution in [0.5, 0.6) is 0 Å². The Hall–Kier alpha value is -0.220. The highest BCUT2D eigenvalue weighted by Gasteiger charge is 2.15. The van der Waals surface area contributed by atoms with Crippen LogP contribution in [0.2, 0.25) is 0 Å². The summed E-state index contributed by atoms with van der Waals surface area (Å²) in [7, 11) is 1.91. The Morgan fingerprint density at radius 3 is 3.00 bits per heavy atom. The van der Waals surface area contributed by atoms with E-state index in [1.165, 1.54) is 12.8 Å². The van der Waals surface area contributed by atoms with Crippen LogP contribution in [0.1, 0.15) is 25.7 Å². The number of thioether (sulfide) groups is 1. The lowest BCUT2D eigenvalue weighted by Crippen LogP contribution is -2.32. The minimum Gasteiger partial charge on any atom is -0.345 e. The molecule has 1 fully saturated rings. The van der Waals surface area contributed by atoms with Gasteiger partial charge in [0.25, 0.3) is 0 Å². The van der Waals surface area contributed by atoms with Gasteiger partial charge in [0, 0.05) is 25.8 Å². The van der Waals surface area contributed by atoms with Crippen LogP contribution in [0.15, 0.2) is 0 Å². The second-order valence-electron chi connectivity index (χ2n) is 4.56. The summed E-state index contributed by atoms with van der Waals surface area (Å²) in [6.07, 6.45) is 6.40. The highest BCUT2D eigenvalue weighted by atomic mass is 32.2. The summed E-state index contributed by atoms with van der Waals surface area (Å²) in [5, 5.41) is 3.39. The maximum absolute atomic E-state index is 11.8. The van der Waals surface area contributed by atoms with Crippen molar-refractivity contribution in [3.8, 4) is 0 Å². The molecule has 1 amide bonds. The predicted molar refractivity (Wildman–Crippen MR) is 70.8 cm³/mol. The largest absolute Gasteiger partial charge is 0.345 e. The van der Waals surface area contributed by atoms with Crippen LogP contribution in [0.25, 0.3) is 0 Å². The Morgan fingerprint density at radius 2 is 2.38 bits per heavy atom. The third-order valence-electron chi connectivity index (χ3n) is 3.22. The van der Waals surface area contributed by atoms with Crippen LogP contribution in [0, 0.1) is 5.92 Å². The molecule has 0 aromatic heterocycles. The Kier molecular flexibility index (Phi) is 6.88. The average Bonchev–Trinajstić information content (AvgIpc) is 2.34. The fraction of sp³-hybridized carbons (Fsp3) is 0.917. The molecule has 0 aliphatic carbocycles. The van der Waals surface area contributed by atoms with Crippen molar-refractivity contribution in [2.75, 3.05) is 38.7 Å². The van der Waals surface area contributed by atoms with Crippen LogP contribution in [-0.2, 0) is 4.79 Å². The summed E-state index contributed by atoms with van der Waals surface area (Å²) >= 11 is 1.79. The summed E-state index contributed by atoms with van der Waals surface area (Å²) in [5.41, 5.74) is 0. The molecule has 1 unspecified atom stereocenters. The molecule has 1 aliphatic rings. The minimum absolute atomic E-state index is 0.305. The summed E-state index contributed by atoms with van der Waals surface area (Å²) < 4.78 is 0. The number of carbonyl (C=O) groups excluding carboxylic acids is 1. The number of nitrogens with one attached hydrogen (secondary N) is 1. The smallest absolute Gasteiger partial charge is 0.222 e. The first kappa shape index (κ1) is 13.8. The number of carbonyl (C=O) groups is 1. The molecule has 1 heterocycles. The first-order valence-corrected chi connectivity index (χ1v) is 7.57. The second-order valence-corrected chi connectivity index (χ2v) is 5.54. The van der Waals surface area contributed by atoms with Gasteiger partial charge in [-0.15, -0.1) is 0 Å². The lowest BCUT2D eigenvalue weighted by Gasteiger charge is -2.23. The minimum atomic E-state index is 0.305. The van der Waals surface area contributed by atoms with Gasteiger partial charge < -0.3 is 10.2 Å². The van der Waals surface area contributed by atoms with Crippen molar-refractivity contribution in [1.82, 2.24) is 10.2 Å². The van der Waals surface area contributed by atoms with Crippen molar-refractivity contribution < 1.29 is 4.79 Å². The highest BCUT2D eigenvalue weighted by molar-refractivity contribution is 7.98. The monoisotopic (exact) mass is 244 g/mol. The molecule has 1 rings (SSSR count). The van der Waals surface area contributed by atoms with Crippen LogP contribution in [-0.4, -0.2) is 49.5 Å². The highest BCUT2D eigenvalue weighted by Crippen LogP contribution is 2.16. The third-order valence-corrected chi connectivity index (χ3v) is 3.81. The molecule has 0 saturated carbocycles. The molecule has 1 N–H and O–H groups in total. The Morgan fingerprint density at radius 1 is 1.56 bits per heavy atom. The molecule has 0 spiro atoms. The van der Waals surface area contributed by atoms with Gasteiger partial charge >= 0.3 is 0 Å². The quantitative estimate of drug-likeness (QED) is 0.770. The van der Waals surface area contributed by atoms with E-state index >= 15 is 0 Å². The zero-order valence-electron chi connectivity index (χ0n) is 10.5. The number of nitrogens with zero attached hydrogens (tertiary/aromatic N) is 1. The normalized spacial score (nSPS) is 20.8. The molecule has 1 aliphatic heterocycles. The van der Waals surface area contributed by atoms with E-state index in [4.69, 9.17) is 0 Å². The molecule has 0 aromatic carbocycles. The zero-order valence-corrected chi connectivity index (χ0v) is 11.3. The fourth-order valence-electron chi connectivity index (χ4n) is 2.04. The lowest BCUT2D eigenvalue weighted by atomic mass is 9.94. The molecule has 16 heavy (non-hydrogen) atoms. The Bertz CT molecular complexity index is 205. The first-order chi connectivity index (χ1) is 7.74. The topological polar surface area (TPSA) is 32.3 Å². The summed E-state index contributed by atoms with van der Waals surface area (Å²) in [4.78, 5) is 13.7. The van der Waals surface area contributed by atoms with E-state index in [1.54, 1.807) is 11.8 Å². The molecule has 0 aromatic rings. The third kappa shape index (κ3) is 5.21. The summed E-state index contributed by atoms with van der Waals surface area (Å²) in [6, 6.07) is 0. The molecule has 1 atom stereocenters. The van der Waals surface area contributed by atoms with E-state index in [2.05, 4.69) is 11.6 Å². The van der Waals surface area contributed by atoms with Gasteiger partial charge in [0.05, 0.1) is 0 Å². The molecule has 0 radical (unpaired) electrons. The SMILES string of the molecule is CSCCN(C)C(=O)CCC1CCCNC1. The lowest BCUT2D eigenvalue weighted by molar-refractivity contribution is -0.130. The number of amides is 1. The maximum atomic E-state index is 11.8. The van der Waals surface area contributed by atoms with Crippen molar-refractivity contribution >= 4 is 17.7 Å². The number of hydrogen-bond acceptors (Lipinski definition) is 3. The van der Waals surface area contributed by atoms with Crippen LogP contribution in [0.4, 0.5) is 0 Å². The van der Waals surface area contributed by atoms with Gasteiger partial charge in [-0.05, 0) is 44.5 Å². The van der Waals surface area contributed by atoms with Gasteiger partial charge in [-0.3, -0.25) is 4.79 Å². The van der Waals surface area contributed by atoms with E-state index < -0.39 is 0 Å².